The minimum atomic E-state index is -3.82. The van der Waals surface area contributed by atoms with Crippen LogP contribution in [0.4, 0.5) is 0 Å². The molecule has 7 nitrogen and oxygen atoms in total. The van der Waals surface area contributed by atoms with Gasteiger partial charge >= 0.3 is 0 Å². The Morgan fingerprint density at radius 1 is 1.39 bits per heavy atom. The Morgan fingerprint density at radius 3 is 2.61 bits per heavy atom. The molecule has 1 aromatic rings. The summed E-state index contributed by atoms with van der Waals surface area (Å²) in [7, 11) is -3.82. The third-order valence-electron chi connectivity index (χ3n) is 3.03. The number of hydrogen-bond acceptors (Lipinski definition) is 5. The van der Waals surface area contributed by atoms with E-state index in [0.717, 1.165) is 19.3 Å². The Bertz CT molecular complexity index is 505. The molecule has 2 heterocycles. The molecule has 0 atom stereocenters. The van der Waals surface area contributed by atoms with Gasteiger partial charge in [0, 0.05) is 25.7 Å². The van der Waals surface area contributed by atoms with Gasteiger partial charge in [0.2, 0.25) is 0 Å². The van der Waals surface area contributed by atoms with Crippen molar-refractivity contribution in [3.63, 3.8) is 0 Å². The predicted octanol–water partition coefficient (Wildman–Crippen LogP) is 0.230. The Hall–Kier alpha value is -0.990. The number of rotatable bonds is 4. The lowest BCUT2D eigenvalue weighted by Gasteiger charge is -2.22. The van der Waals surface area contributed by atoms with Crippen LogP contribution < -0.4 is 5.14 Å². The largest absolute Gasteiger partial charge is 0.381 e. The van der Waals surface area contributed by atoms with Crippen LogP contribution in [0, 0.1) is 0 Å². The number of primary sulfonamides is 1. The van der Waals surface area contributed by atoms with Crippen LogP contribution in [-0.4, -0.2) is 36.4 Å². The van der Waals surface area contributed by atoms with Gasteiger partial charge in [-0.15, -0.1) is 10.2 Å². The maximum atomic E-state index is 11.5. The lowest BCUT2D eigenvalue weighted by Crippen LogP contribution is -2.22. The summed E-state index contributed by atoms with van der Waals surface area (Å²) < 4.78 is 29.8. The summed E-state index contributed by atoms with van der Waals surface area (Å²) in [5.41, 5.74) is 0. The quantitative estimate of drug-likeness (QED) is 0.847. The number of sulfonamides is 1. The number of nitrogens with zero attached hydrogens (tertiary/aromatic N) is 3. The van der Waals surface area contributed by atoms with Gasteiger partial charge in [-0.3, -0.25) is 0 Å². The molecule has 1 aliphatic heterocycles. The van der Waals surface area contributed by atoms with Crippen LogP contribution in [-0.2, 0) is 21.3 Å². The molecule has 0 unspecified atom stereocenters. The zero-order chi connectivity index (χ0) is 13.2. The summed E-state index contributed by atoms with van der Waals surface area (Å²) in [6, 6.07) is 0. The van der Waals surface area contributed by atoms with E-state index in [1.165, 1.54) is 0 Å². The summed E-state index contributed by atoms with van der Waals surface area (Å²) in [6.07, 6.45) is 2.48. The van der Waals surface area contributed by atoms with E-state index in [1.807, 2.05) is 6.92 Å². The average Bonchev–Trinajstić information content (AvgIpc) is 2.74. The van der Waals surface area contributed by atoms with Gasteiger partial charge < -0.3 is 9.30 Å². The molecule has 8 heteroatoms. The molecule has 2 N–H and O–H groups in total. The van der Waals surface area contributed by atoms with Gasteiger partial charge in [-0.1, -0.05) is 6.92 Å². The van der Waals surface area contributed by atoms with Crippen LogP contribution in [0.5, 0.6) is 0 Å². The van der Waals surface area contributed by atoms with Crippen molar-refractivity contribution >= 4 is 10.0 Å². The van der Waals surface area contributed by atoms with Crippen LogP contribution >= 0.6 is 0 Å². The van der Waals surface area contributed by atoms with Gasteiger partial charge in [-0.2, -0.15) is 0 Å². The van der Waals surface area contributed by atoms with E-state index in [4.69, 9.17) is 9.88 Å². The number of nitrogens with two attached hydrogens (primary N) is 1. The Morgan fingerprint density at radius 2 is 2.06 bits per heavy atom. The molecule has 1 aromatic heterocycles. The first-order chi connectivity index (χ1) is 8.54. The van der Waals surface area contributed by atoms with E-state index in [9.17, 15) is 8.42 Å². The second-order valence-electron chi connectivity index (χ2n) is 4.42. The zero-order valence-corrected chi connectivity index (χ0v) is 11.2. The SMILES string of the molecule is CCCn1c(C2CCOCC2)nnc1S(N)(=O)=O. The molecule has 102 valence electrons. The Balaban J connectivity index is 2.38. The van der Waals surface area contributed by atoms with E-state index in [2.05, 4.69) is 10.2 Å². The first kappa shape index (κ1) is 13.4. The van der Waals surface area contributed by atoms with Crippen molar-refractivity contribution in [3.8, 4) is 0 Å². The summed E-state index contributed by atoms with van der Waals surface area (Å²) in [5.74, 6) is 0.914. The first-order valence-electron chi connectivity index (χ1n) is 6.07. The molecular weight excluding hydrogens is 256 g/mol. The minimum absolute atomic E-state index is 0.133. The van der Waals surface area contributed by atoms with Crippen molar-refractivity contribution in [2.75, 3.05) is 13.2 Å². The predicted molar refractivity (Wildman–Crippen MR) is 64.5 cm³/mol. The highest BCUT2D eigenvalue weighted by Gasteiger charge is 2.26. The van der Waals surface area contributed by atoms with Crippen LogP contribution in [0.2, 0.25) is 0 Å². The van der Waals surface area contributed by atoms with Crippen molar-refractivity contribution < 1.29 is 13.2 Å². The van der Waals surface area contributed by atoms with Crippen LogP contribution in [0.3, 0.4) is 0 Å². The topological polar surface area (TPSA) is 100 Å². The summed E-state index contributed by atoms with van der Waals surface area (Å²) in [6.45, 7) is 3.88. The lowest BCUT2D eigenvalue weighted by atomic mass is 9.99. The van der Waals surface area contributed by atoms with E-state index in [1.54, 1.807) is 4.57 Å². The first-order valence-corrected chi connectivity index (χ1v) is 7.62. The normalized spacial score (nSPS) is 18.1. The highest BCUT2D eigenvalue weighted by molar-refractivity contribution is 7.89. The molecule has 1 saturated heterocycles. The molecule has 0 saturated carbocycles. The smallest absolute Gasteiger partial charge is 0.273 e. The average molecular weight is 274 g/mol. The molecule has 0 aromatic carbocycles. The van der Waals surface area contributed by atoms with Gasteiger partial charge in [-0.05, 0) is 19.3 Å². The van der Waals surface area contributed by atoms with Crippen molar-refractivity contribution in [1.29, 1.82) is 0 Å². The molecule has 0 radical (unpaired) electrons. The van der Waals surface area contributed by atoms with Crippen LogP contribution in [0.25, 0.3) is 0 Å². The summed E-state index contributed by atoms with van der Waals surface area (Å²) in [5, 5.41) is 12.8. The molecule has 0 spiro atoms. The fraction of sp³-hybridized carbons (Fsp3) is 0.800. The monoisotopic (exact) mass is 274 g/mol. The van der Waals surface area contributed by atoms with E-state index >= 15 is 0 Å². The van der Waals surface area contributed by atoms with Crippen molar-refractivity contribution in [2.45, 2.75) is 43.8 Å². The van der Waals surface area contributed by atoms with Crippen molar-refractivity contribution in [2.24, 2.45) is 5.14 Å². The molecule has 18 heavy (non-hydrogen) atoms. The second-order valence-corrected chi connectivity index (χ2v) is 5.88. The number of hydrogen-bond donors (Lipinski definition) is 1. The summed E-state index contributed by atoms with van der Waals surface area (Å²) >= 11 is 0. The van der Waals surface area contributed by atoms with Crippen molar-refractivity contribution in [3.05, 3.63) is 5.82 Å². The molecule has 1 aliphatic rings. The fourth-order valence-corrected chi connectivity index (χ4v) is 2.85. The lowest BCUT2D eigenvalue weighted by molar-refractivity contribution is 0.0826. The standard InChI is InChI=1S/C10H18N4O3S/c1-2-5-14-9(8-3-6-17-7-4-8)12-13-10(14)18(11,15)16/h8H,2-7H2,1H3,(H2,11,15,16). The van der Waals surface area contributed by atoms with Crippen molar-refractivity contribution in [1.82, 2.24) is 14.8 Å². The molecule has 1 fully saturated rings. The van der Waals surface area contributed by atoms with Gasteiger partial charge in [0.05, 0.1) is 0 Å². The molecule has 0 aliphatic carbocycles. The van der Waals surface area contributed by atoms with E-state index in [0.29, 0.717) is 25.6 Å². The zero-order valence-electron chi connectivity index (χ0n) is 10.4. The van der Waals surface area contributed by atoms with Gasteiger partial charge in [0.1, 0.15) is 5.82 Å². The third kappa shape index (κ3) is 2.70. The molecular formula is C10H18N4O3S. The second kappa shape index (κ2) is 5.33. The molecule has 0 bridgehead atoms. The summed E-state index contributed by atoms with van der Waals surface area (Å²) in [4.78, 5) is 0. The maximum absolute atomic E-state index is 11.5. The maximum Gasteiger partial charge on any atom is 0.273 e. The Labute approximate surface area is 106 Å². The van der Waals surface area contributed by atoms with Crippen LogP contribution in [0.15, 0.2) is 5.16 Å². The molecule has 0 amide bonds. The minimum Gasteiger partial charge on any atom is -0.381 e. The Kier molecular flexibility index (Phi) is 3.98. The van der Waals surface area contributed by atoms with Gasteiger partial charge in [0.25, 0.3) is 15.2 Å². The number of ether oxygens (including phenoxy) is 1. The fourth-order valence-electron chi connectivity index (χ4n) is 2.20. The highest BCUT2D eigenvalue weighted by atomic mass is 32.2. The van der Waals surface area contributed by atoms with E-state index in [-0.39, 0.29) is 11.1 Å². The number of aromatic nitrogens is 3. The van der Waals surface area contributed by atoms with Gasteiger partial charge in [-0.25, -0.2) is 13.6 Å². The van der Waals surface area contributed by atoms with E-state index < -0.39 is 10.0 Å². The highest BCUT2D eigenvalue weighted by Crippen LogP contribution is 2.26. The van der Waals surface area contributed by atoms with Crippen LogP contribution in [0.1, 0.15) is 37.9 Å². The van der Waals surface area contributed by atoms with Gasteiger partial charge in [0.15, 0.2) is 0 Å². The molecule has 2 rings (SSSR count). The third-order valence-corrected chi connectivity index (χ3v) is 3.84.